The maximum atomic E-state index is 13.6. The third-order valence-corrected chi connectivity index (χ3v) is 6.55. The van der Waals surface area contributed by atoms with Crippen LogP contribution in [0.1, 0.15) is 22.4 Å². The molecule has 5 nitrogen and oxygen atoms in total. The van der Waals surface area contributed by atoms with Crippen LogP contribution in [0, 0.1) is 26.6 Å². The number of fused-ring (bicyclic) bond motifs is 1. The third-order valence-electron chi connectivity index (χ3n) is 4.95. The minimum Gasteiger partial charge on any atom is -0.496 e. The molecule has 0 radical (unpaired) electrons. The number of nitrogens with one attached hydrogen (secondary N) is 2. The number of hydrogen-bond donors (Lipinski definition) is 2. The van der Waals surface area contributed by atoms with Gasteiger partial charge in [0, 0.05) is 23.1 Å². The summed E-state index contributed by atoms with van der Waals surface area (Å²) in [6, 6.07) is 7.77. The Hall–Kier alpha value is -2.38. The molecular formula is C20H23FN2O3S. The lowest BCUT2D eigenvalue weighted by molar-refractivity contribution is 0.410. The first-order chi connectivity index (χ1) is 12.7. The Morgan fingerprint density at radius 3 is 2.56 bits per heavy atom. The molecule has 3 rings (SSSR count). The summed E-state index contributed by atoms with van der Waals surface area (Å²) in [6.07, 6.45) is 0.461. The normalized spacial score (nSPS) is 11.9. The van der Waals surface area contributed by atoms with Crippen molar-refractivity contribution in [2.45, 2.75) is 32.1 Å². The lowest BCUT2D eigenvalue weighted by Gasteiger charge is -2.13. The zero-order chi connectivity index (χ0) is 19.8. The number of methoxy groups -OCH3 is 1. The lowest BCUT2D eigenvalue weighted by Crippen LogP contribution is -2.27. The van der Waals surface area contributed by atoms with Crippen LogP contribution in [0.2, 0.25) is 0 Å². The predicted octanol–water partition coefficient (Wildman–Crippen LogP) is 3.76. The zero-order valence-electron chi connectivity index (χ0n) is 15.8. The molecule has 144 valence electrons. The summed E-state index contributed by atoms with van der Waals surface area (Å²) < 4.78 is 46.9. The number of halogens is 1. The Balaban J connectivity index is 1.80. The van der Waals surface area contributed by atoms with Gasteiger partial charge in [-0.25, -0.2) is 17.5 Å². The van der Waals surface area contributed by atoms with Gasteiger partial charge in [-0.05, 0) is 74.2 Å². The summed E-state index contributed by atoms with van der Waals surface area (Å²) in [7, 11) is -2.10. The fourth-order valence-corrected chi connectivity index (χ4v) is 4.68. The number of ether oxygens (including phenoxy) is 1. The first kappa shape index (κ1) is 19.4. The summed E-state index contributed by atoms with van der Waals surface area (Å²) in [5.74, 6) is 0.343. The second kappa shape index (κ2) is 7.32. The lowest BCUT2D eigenvalue weighted by atomic mass is 10.1. The summed E-state index contributed by atoms with van der Waals surface area (Å²) in [5, 5.41) is 0.781. The standard InChI is InChI=1S/C20H23FN2O3S/c1-12-13(2)20(8-7-19(12)26-4)27(24,25)22-10-9-16-14(3)23-18-6-5-15(21)11-17(16)18/h5-8,11,22-23H,9-10H2,1-4H3. The number of H-pyrrole nitrogens is 1. The highest BCUT2D eigenvalue weighted by molar-refractivity contribution is 7.89. The Morgan fingerprint density at radius 2 is 1.85 bits per heavy atom. The zero-order valence-corrected chi connectivity index (χ0v) is 16.6. The van der Waals surface area contributed by atoms with Crippen LogP contribution in [0.5, 0.6) is 5.75 Å². The van der Waals surface area contributed by atoms with Crippen molar-refractivity contribution in [2.75, 3.05) is 13.7 Å². The van der Waals surface area contributed by atoms with E-state index in [1.807, 2.05) is 13.8 Å². The molecule has 1 aromatic heterocycles. The van der Waals surface area contributed by atoms with Gasteiger partial charge in [0.25, 0.3) is 0 Å². The minimum absolute atomic E-state index is 0.219. The SMILES string of the molecule is COc1ccc(S(=O)(=O)NCCc2c(C)[nH]c3ccc(F)cc23)c(C)c1C. The molecule has 2 aromatic carbocycles. The van der Waals surface area contributed by atoms with Crippen LogP contribution in [0.4, 0.5) is 4.39 Å². The van der Waals surface area contributed by atoms with Gasteiger partial charge in [0.1, 0.15) is 11.6 Å². The van der Waals surface area contributed by atoms with Crippen LogP contribution in [-0.4, -0.2) is 27.1 Å². The Bertz CT molecular complexity index is 1100. The predicted molar refractivity (Wildman–Crippen MR) is 104 cm³/mol. The van der Waals surface area contributed by atoms with E-state index in [4.69, 9.17) is 4.74 Å². The number of aromatic amines is 1. The highest BCUT2D eigenvalue weighted by atomic mass is 32.2. The van der Waals surface area contributed by atoms with Crippen LogP contribution in [0.3, 0.4) is 0 Å². The number of hydrogen-bond acceptors (Lipinski definition) is 3. The maximum absolute atomic E-state index is 13.6. The van der Waals surface area contributed by atoms with Crippen LogP contribution in [-0.2, 0) is 16.4 Å². The fraction of sp³-hybridized carbons (Fsp3) is 0.300. The minimum atomic E-state index is -3.66. The molecule has 0 bridgehead atoms. The van der Waals surface area contributed by atoms with Gasteiger partial charge in [0.15, 0.2) is 0 Å². The topological polar surface area (TPSA) is 71.2 Å². The Kier molecular flexibility index (Phi) is 5.26. The van der Waals surface area contributed by atoms with Crippen molar-refractivity contribution in [3.05, 3.63) is 58.5 Å². The summed E-state index contributed by atoms with van der Waals surface area (Å²) >= 11 is 0. The quantitative estimate of drug-likeness (QED) is 0.673. The van der Waals surface area contributed by atoms with E-state index in [-0.39, 0.29) is 17.3 Å². The number of aromatic nitrogens is 1. The number of rotatable bonds is 6. The van der Waals surface area contributed by atoms with Crippen molar-refractivity contribution in [1.82, 2.24) is 9.71 Å². The first-order valence-electron chi connectivity index (χ1n) is 8.65. The summed E-state index contributed by atoms with van der Waals surface area (Å²) in [5.41, 5.74) is 4.12. The molecule has 0 aliphatic rings. The third kappa shape index (κ3) is 3.70. The Morgan fingerprint density at radius 1 is 1.11 bits per heavy atom. The molecule has 3 aromatic rings. The van der Waals surface area contributed by atoms with Gasteiger partial charge in [-0.2, -0.15) is 0 Å². The van der Waals surface area contributed by atoms with Crippen molar-refractivity contribution in [3.8, 4) is 5.75 Å². The van der Waals surface area contributed by atoms with Gasteiger partial charge < -0.3 is 9.72 Å². The van der Waals surface area contributed by atoms with E-state index in [1.54, 1.807) is 32.2 Å². The molecule has 0 spiro atoms. The van der Waals surface area contributed by atoms with E-state index in [0.29, 0.717) is 17.7 Å². The number of benzene rings is 2. The van der Waals surface area contributed by atoms with Crippen molar-refractivity contribution in [1.29, 1.82) is 0 Å². The van der Waals surface area contributed by atoms with Crippen LogP contribution >= 0.6 is 0 Å². The van der Waals surface area contributed by atoms with Crippen LogP contribution in [0.15, 0.2) is 35.2 Å². The second-order valence-corrected chi connectivity index (χ2v) is 8.32. The average molecular weight is 390 g/mol. The second-order valence-electron chi connectivity index (χ2n) is 6.58. The molecule has 2 N–H and O–H groups in total. The summed E-state index contributed by atoms with van der Waals surface area (Å²) in [6.45, 7) is 5.71. The molecule has 0 atom stereocenters. The molecule has 0 saturated heterocycles. The van der Waals surface area contributed by atoms with E-state index in [2.05, 4.69) is 9.71 Å². The maximum Gasteiger partial charge on any atom is 0.240 e. The Labute approximate surface area is 158 Å². The highest BCUT2D eigenvalue weighted by Crippen LogP contribution is 2.27. The molecule has 0 amide bonds. The molecule has 27 heavy (non-hydrogen) atoms. The fourth-order valence-electron chi connectivity index (χ4n) is 3.35. The largest absolute Gasteiger partial charge is 0.496 e. The molecule has 0 aliphatic carbocycles. The van der Waals surface area contributed by atoms with E-state index >= 15 is 0 Å². The van der Waals surface area contributed by atoms with E-state index in [1.165, 1.54) is 12.1 Å². The van der Waals surface area contributed by atoms with Gasteiger partial charge in [0.05, 0.1) is 12.0 Å². The van der Waals surface area contributed by atoms with E-state index < -0.39 is 10.0 Å². The van der Waals surface area contributed by atoms with Gasteiger partial charge in [-0.3, -0.25) is 0 Å². The highest BCUT2D eigenvalue weighted by Gasteiger charge is 2.19. The van der Waals surface area contributed by atoms with Crippen molar-refractivity contribution in [2.24, 2.45) is 0 Å². The molecule has 7 heteroatoms. The molecular weight excluding hydrogens is 367 g/mol. The number of aryl methyl sites for hydroxylation is 1. The van der Waals surface area contributed by atoms with Gasteiger partial charge >= 0.3 is 0 Å². The van der Waals surface area contributed by atoms with Crippen molar-refractivity contribution >= 4 is 20.9 Å². The van der Waals surface area contributed by atoms with Gasteiger partial charge in [-0.15, -0.1) is 0 Å². The number of sulfonamides is 1. The van der Waals surface area contributed by atoms with Crippen LogP contribution in [0.25, 0.3) is 10.9 Å². The van der Waals surface area contributed by atoms with E-state index in [0.717, 1.165) is 27.7 Å². The van der Waals surface area contributed by atoms with E-state index in [9.17, 15) is 12.8 Å². The monoisotopic (exact) mass is 390 g/mol. The molecule has 0 unspecified atom stereocenters. The molecule has 0 aliphatic heterocycles. The molecule has 0 fully saturated rings. The first-order valence-corrected chi connectivity index (χ1v) is 10.1. The van der Waals surface area contributed by atoms with Crippen LogP contribution < -0.4 is 9.46 Å². The van der Waals surface area contributed by atoms with Crippen molar-refractivity contribution in [3.63, 3.8) is 0 Å². The summed E-state index contributed by atoms with van der Waals surface area (Å²) in [4.78, 5) is 3.44. The average Bonchev–Trinajstić information content (AvgIpc) is 2.92. The molecule has 1 heterocycles. The smallest absolute Gasteiger partial charge is 0.240 e. The molecule has 0 saturated carbocycles. The van der Waals surface area contributed by atoms with Crippen molar-refractivity contribution < 1.29 is 17.5 Å². The van der Waals surface area contributed by atoms with Gasteiger partial charge in [-0.1, -0.05) is 0 Å². The van der Waals surface area contributed by atoms with Gasteiger partial charge in [0.2, 0.25) is 10.0 Å².